The molecule has 0 saturated carbocycles. The fourth-order valence-electron chi connectivity index (χ4n) is 4.08. The van der Waals surface area contributed by atoms with Crippen LogP contribution < -0.4 is 10.6 Å². The van der Waals surface area contributed by atoms with Crippen LogP contribution in [0.15, 0.2) is 48.5 Å². The maximum absolute atomic E-state index is 12.4. The predicted octanol–water partition coefficient (Wildman–Crippen LogP) is 2.82. The number of fused-ring (bicyclic) bond motifs is 3. The van der Waals surface area contributed by atoms with Gasteiger partial charge in [-0.25, -0.2) is 9.59 Å². The summed E-state index contributed by atoms with van der Waals surface area (Å²) >= 11 is 0. The topological polar surface area (TPSA) is 108 Å². The van der Waals surface area contributed by atoms with Gasteiger partial charge >= 0.3 is 12.1 Å². The molecule has 2 aromatic carbocycles. The molecule has 2 amide bonds. The Hall–Kier alpha value is -3.39. The normalized spacial score (nSPS) is 14.2. The summed E-state index contributed by atoms with van der Waals surface area (Å²) in [7, 11) is 3.48. The van der Waals surface area contributed by atoms with Gasteiger partial charge in [-0.05, 0) is 49.7 Å². The molecule has 0 radical (unpaired) electrons. The van der Waals surface area contributed by atoms with Crippen molar-refractivity contribution in [3.05, 3.63) is 59.7 Å². The first-order valence-electron chi connectivity index (χ1n) is 11.0. The van der Waals surface area contributed by atoms with Crippen LogP contribution in [-0.4, -0.2) is 67.3 Å². The van der Waals surface area contributed by atoms with Crippen molar-refractivity contribution in [1.29, 1.82) is 0 Å². The number of carboxylic acids is 1. The molecule has 176 valence electrons. The molecule has 3 N–H and O–H groups in total. The molecule has 0 spiro atoms. The van der Waals surface area contributed by atoms with E-state index in [-0.39, 0.29) is 37.4 Å². The highest BCUT2D eigenvalue weighted by molar-refractivity contribution is 5.83. The van der Waals surface area contributed by atoms with E-state index in [9.17, 15) is 19.5 Å². The first kappa shape index (κ1) is 24.3. The highest BCUT2D eigenvalue weighted by Crippen LogP contribution is 2.44. The second kappa shape index (κ2) is 11.0. The van der Waals surface area contributed by atoms with Gasteiger partial charge in [0.15, 0.2) is 0 Å². The lowest BCUT2D eigenvalue weighted by atomic mass is 9.98. The van der Waals surface area contributed by atoms with Crippen molar-refractivity contribution in [1.82, 2.24) is 15.5 Å². The number of ether oxygens (including phenoxy) is 1. The van der Waals surface area contributed by atoms with Crippen molar-refractivity contribution in [3.8, 4) is 11.1 Å². The van der Waals surface area contributed by atoms with Crippen LogP contribution in [0.3, 0.4) is 0 Å². The molecule has 2 aromatic rings. The number of nitrogens with one attached hydrogen (secondary N) is 2. The monoisotopic (exact) mass is 453 g/mol. The molecule has 1 aliphatic rings. The number of hydrogen-bond donors (Lipinski definition) is 3. The summed E-state index contributed by atoms with van der Waals surface area (Å²) in [5.41, 5.74) is 4.61. The minimum Gasteiger partial charge on any atom is -0.480 e. The van der Waals surface area contributed by atoms with E-state index in [0.29, 0.717) is 6.42 Å². The van der Waals surface area contributed by atoms with Crippen molar-refractivity contribution >= 4 is 18.0 Å². The van der Waals surface area contributed by atoms with Crippen molar-refractivity contribution in [2.75, 3.05) is 27.2 Å². The Labute approximate surface area is 193 Å². The minimum atomic E-state index is -1.08. The molecule has 8 heteroatoms. The van der Waals surface area contributed by atoms with Gasteiger partial charge in [-0.15, -0.1) is 0 Å². The summed E-state index contributed by atoms with van der Waals surface area (Å²) in [6, 6.07) is 15.0. The van der Waals surface area contributed by atoms with Crippen molar-refractivity contribution in [2.45, 2.75) is 37.8 Å². The van der Waals surface area contributed by atoms with Gasteiger partial charge in [-0.3, -0.25) is 4.79 Å². The lowest BCUT2D eigenvalue weighted by Crippen LogP contribution is -2.47. The third-order valence-electron chi connectivity index (χ3n) is 5.69. The van der Waals surface area contributed by atoms with E-state index < -0.39 is 18.1 Å². The van der Waals surface area contributed by atoms with E-state index in [1.54, 1.807) is 25.9 Å². The Balaban J connectivity index is 1.47. The van der Waals surface area contributed by atoms with Crippen molar-refractivity contribution in [3.63, 3.8) is 0 Å². The predicted molar refractivity (Wildman–Crippen MR) is 125 cm³/mol. The molecule has 33 heavy (non-hydrogen) atoms. The molecule has 0 bridgehead atoms. The largest absolute Gasteiger partial charge is 0.480 e. The zero-order chi connectivity index (χ0) is 24.0. The van der Waals surface area contributed by atoms with Gasteiger partial charge < -0.3 is 25.4 Å². The smallest absolute Gasteiger partial charge is 0.407 e. The molecule has 1 unspecified atom stereocenters. The van der Waals surface area contributed by atoms with Crippen LogP contribution in [0.4, 0.5) is 4.79 Å². The van der Waals surface area contributed by atoms with Gasteiger partial charge in [-0.1, -0.05) is 48.5 Å². The molecule has 3 rings (SSSR count). The van der Waals surface area contributed by atoms with E-state index in [0.717, 1.165) is 22.3 Å². The van der Waals surface area contributed by atoms with E-state index in [4.69, 9.17) is 4.74 Å². The van der Waals surface area contributed by atoms with Gasteiger partial charge in [0.05, 0.1) is 0 Å². The molecule has 2 atom stereocenters. The van der Waals surface area contributed by atoms with Gasteiger partial charge in [-0.2, -0.15) is 0 Å². The second-order valence-corrected chi connectivity index (χ2v) is 8.63. The molecule has 8 nitrogen and oxygen atoms in total. The average molecular weight is 454 g/mol. The second-order valence-electron chi connectivity index (χ2n) is 8.63. The Morgan fingerprint density at radius 3 is 2.12 bits per heavy atom. The number of rotatable bonds is 10. The highest BCUT2D eigenvalue weighted by Gasteiger charge is 2.29. The van der Waals surface area contributed by atoms with Crippen LogP contribution in [0, 0.1) is 0 Å². The SMILES string of the molecule is CC(CCC(=O)N[C@@H](CN(C)C)C(=O)O)NC(=O)OCC1c2ccccc2-c2ccccc21. The van der Waals surface area contributed by atoms with E-state index >= 15 is 0 Å². The Kier molecular flexibility index (Phi) is 8.06. The van der Waals surface area contributed by atoms with E-state index in [1.807, 2.05) is 24.3 Å². The summed E-state index contributed by atoms with van der Waals surface area (Å²) in [5, 5.41) is 14.5. The Morgan fingerprint density at radius 1 is 1.00 bits per heavy atom. The number of carbonyl (C=O) groups excluding carboxylic acids is 2. The number of alkyl carbamates (subject to hydrolysis) is 1. The van der Waals surface area contributed by atoms with Crippen molar-refractivity contribution in [2.24, 2.45) is 0 Å². The summed E-state index contributed by atoms with van der Waals surface area (Å²) in [6.07, 6.45) is -0.0763. The minimum absolute atomic E-state index is 0.0196. The lowest BCUT2D eigenvalue weighted by molar-refractivity contribution is -0.142. The number of aliphatic carboxylic acids is 1. The Bertz CT molecular complexity index is 962. The van der Waals surface area contributed by atoms with Crippen LogP contribution in [0.25, 0.3) is 11.1 Å². The fourth-order valence-corrected chi connectivity index (χ4v) is 4.08. The number of benzene rings is 2. The zero-order valence-corrected chi connectivity index (χ0v) is 19.2. The van der Waals surface area contributed by atoms with E-state index in [1.165, 1.54) is 0 Å². The van der Waals surface area contributed by atoms with Crippen molar-refractivity contribution < 1.29 is 24.2 Å². The summed E-state index contributed by atoms with van der Waals surface area (Å²) < 4.78 is 5.52. The van der Waals surface area contributed by atoms with Crippen LogP contribution in [0.5, 0.6) is 0 Å². The molecule has 0 saturated heterocycles. The third kappa shape index (κ3) is 6.32. The summed E-state index contributed by atoms with van der Waals surface area (Å²) in [6.45, 7) is 2.20. The molecule has 0 aliphatic heterocycles. The van der Waals surface area contributed by atoms with Crippen LogP contribution in [0.1, 0.15) is 36.8 Å². The average Bonchev–Trinajstić information content (AvgIpc) is 3.09. The molecule has 0 aromatic heterocycles. The van der Waals surface area contributed by atoms with E-state index in [2.05, 4.69) is 34.9 Å². The maximum Gasteiger partial charge on any atom is 0.407 e. The van der Waals surface area contributed by atoms with Crippen LogP contribution in [0.2, 0.25) is 0 Å². The van der Waals surface area contributed by atoms with Gasteiger partial charge in [0.25, 0.3) is 0 Å². The number of carboxylic acid groups (broad SMARTS) is 1. The molecule has 1 aliphatic carbocycles. The molecule has 0 fully saturated rings. The van der Waals surface area contributed by atoms with Gasteiger partial charge in [0.1, 0.15) is 12.6 Å². The van der Waals surface area contributed by atoms with Gasteiger partial charge in [0, 0.05) is 24.9 Å². The molecular formula is C25H31N3O5. The van der Waals surface area contributed by atoms with Crippen LogP contribution in [-0.2, 0) is 14.3 Å². The number of nitrogens with zero attached hydrogens (tertiary/aromatic N) is 1. The number of amides is 2. The summed E-state index contributed by atoms with van der Waals surface area (Å²) in [4.78, 5) is 37.4. The Morgan fingerprint density at radius 2 is 1.58 bits per heavy atom. The fraction of sp³-hybridized carbons (Fsp3) is 0.400. The molecule has 0 heterocycles. The maximum atomic E-state index is 12.4. The number of carbonyl (C=O) groups is 3. The standard InChI is InChI=1S/C25H31N3O5/c1-16(12-13-23(29)27-22(24(30)31)14-28(2)3)26-25(32)33-15-21-19-10-6-4-8-17(19)18-9-5-7-11-20(18)21/h4-11,16,21-22H,12-15H2,1-3H3,(H,26,32)(H,27,29)(H,30,31)/t16?,22-/m0/s1. The van der Waals surface area contributed by atoms with Gasteiger partial charge in [0.2, 0.25) is 5.91 Å². The highest BCUT2D eigenvalue weighted by atomic mass is 16.5. The summed E-state index contributed by atoms with van der Waals surface area (Å²) in [5.74, 6) is -1.47. The quantitative estimate of drug-likeness (QED) is 0.511. The lowest BCUT2D eigenvalue weighted by Gasteiger charge is -2.19. The van der Waals surface area contributed by atoms with Crippen LogP contribution >= 0.6 is 0 Å². The number of likely N-dealkylation sites (N-methyl/N-ethyl adjacent to an activating group) is 1. The first-order chi connectivity index (χ1) is 15.8. The number of hydrogen-bond acceptors (Lipinski definition) is 5. The third-order valence-corrected chi connectivity index (χ3v) is 5.69. The first-order valence-corrected chi connectivity index (χ1v) is 11.0. The molecular weight excluding hydrogens is 422 g/mol. The zero-order valence-electron chi connectivity index (χ0n) is 19.2.